The van der Waals surface area contributed by atoms with Crippen LogP contribution in [0.2, 0.25) is 5.02 Å². The van der Waals surface area contributed by atoms with Gasteiger partial charge in [0.25, 0.3) is 0 Å². The fraction of sp³-hybridized carbons (Fsp3) is 0.364. The van der Waals surface area contributed by atoms with E-state index in [0.29, 0.717) is 30.1 Å². The molecule has 0 unspecified atom stereocenters. The van der Waals surface area contributed by atoms with Crippen molar-refractivity contribution >= 4 is 21.4 Å². The van der Waals surface area contributed by atoms with Crippen LogP contribution >= 0.6 is 11.6 Å². The second-order valence-electron chi connectivity index (χ2n) is 6.83. The summed E-state index contributed by atoms with van der Waals surface area (Å²) in [5, 5.41) is 0.384. The fourth-order valence-electron chi connectivity index (χ4n) is 3.34. The van der Waals surface area contributed by atoms with Crippen LogP contribution in [0.5, 0.6) is 5.75 Å². The molecule has 28 heavy (non-hydrogen) atoms. The Kier molecular flexibility index (Phi) is 7.01. The largest absolute Gasteiger partial charge is 0.481 e. The van der Waals surface area contributed by atoms with Gasteiger partial charge in [-0.2, -0.15) is 0 Å². The van der Waals surface area contributed by atoms with E-state index in [9.17, 15) is 8.42 Å². The van der Waals surface area contributed by atoms with E-state index in [4.69, 9.17) is 16.3 Å². The first kappa shape index (κ1) is 20.7. The van der Waals surface area contributed by atoms with Crippen LogP contribution in [0.3, 0.4) is 0 Å². The molecule has 4 nitrogen and oxygen atoms in total. The lowest BCUT2D eigenvalue weighted by Crippen LogP contribution is -2.38. The second-order valence-corrected chi connectivity index (χ2v) is 9.50. The Morgan fingerprint density at radius 1 is 1.07 bits per heavy atom. The van der Waals surface area contributed by atoms with Gasteiger partial charge in [-0.15, -0.1) is 5.92 Å². The highest BCUT2D eigenvalue weighted by Crippen LogP contribution is 2.27. The van der Waals surface area contributed by atoms with Crippen LogP contribution in [0, 0.1) is 11.8 Å². The number of sulfone groups is 1. The minimum atomic E-state index is -3.33. The summed E-state index contributed by atoms with van der Waals surface area (Å²) in [6.07, 6.45) is 1.28. The van der Waals surface area contributed by atoms with Gasteiger partial charge < -0.3 is 4.74 Å². The van der Waals surface area contributed by atoms with E-state index in [2.05, 4.69) is 16.7 Å². The monoisotopic (exact) mass is 417 g/mol. The zero-order valence-electron chi connectivity index (χ0n) is 15.9. The molecule has 148 valence electrons. The molecule has 0 atom stereocenters. The van der Waals surface area contributed by atoms with Gasteiger partial charge in [-0.05, 0) is 74.8 Å². The van der Waals surface area contributed by atoms with Crippen molar-refractivity contribution in [2.45, 2.75) is 36.5 Å². The Labute approximate surface area is 172 Å². The number of piperidine rings is 1. The lowest BCUT2D eigenvalue weighted by Gasteiger charge is -2.31. The molecule has 6 heteroatoms. The molecule has 2 aromatic rings. The van der Waals surface area contributed by atoms with Crippen molar-refractivity contribution in [1.82, 2.24) is 4.90 Å². The molecule has 0 radical (unpaired) electrons. The predicted octanol–water partition coefficient (Wildman–Crippen LogP) is 4.18. The number of likely N-dealkylation sites (tertiary alicyclic amines) is 1. The van der Waals surface area contributed by atoms with E-state index in [1.54, 1.807) is 31.2 Å². The van der Waals surface area contributed by atoms with Crippen molar-refractivity contribution in [3.05, 3.63) is 59.1 Å². The molecule has 0 amide bonds. The van der Waals surface area contributed by atoms with Gasteiger partial charge in [-0.1, -0.05) is 29.7 Å². The average molecular weight is 418 g/mol. The van der Waals surface area contributed by atoms with Crippen LogP contribution in [0.15, 0.2) is 53.4 Å². The molecule has 2 aromatic carbocycles. The van der Waals surface area contributed by atoms with Gasteiger partial charge in [-0.3, -0.25) is 4.90 Å². The Balaban J connectivity index is 1.57. The molecule has 1 heterocycles. The maximum Gasteiger partial charge on any atom is 0.181 e. The molecule has 3 rings (SSSR count). The summed E-state index contributed by atoms with van der Waals surface area (Å²) >= 11 is 5.93. The van der Waals surface area contributed by atoms with E-state index in [0.717, 1.165) is 24.7 Å². The summed E-state index contributed by atoms with van der Waals surface area (Å²) in [4.78, 5) is 2.65. The zero-order valence-corrected chi connectivity index (χ0v) is 17.5. The third-order valence-corrected chi connectivity index (χ3v) is 7.46. The molecule has 0 saturated carbocycles. The third-order valence-electron chi connectivity index (χ3n) is 4.93. The Morgan fingerprint density at radius 2 is 1.71 bits per heavy atom. The van der Waals surface area contributed by atoms with Crippen LogP contribution in [0.25, 0.3) is 0 Å². The Bertz CT molecular complexity index is 936. The molecule has 0 aromatic heterocycles. The number of halogens is 1. The molecule has 1 aliphatic heterocycles. The molecule has 0 aliphatic carbocycles. The maximum atomic E-state index is 13.0. The van der Waals surface area contributed by atoms with Gasteiger partial charge in [0.2, 0.25) is 0 Å². The minimum absolute atomic E-state index is 0.300. The van der Waals surface area contributed by atoms with Crippen LogP contribution < -0.4 is 4.74 Å². The van der Waals surface area contributed by atoms with Crippen LogP contribution in [0.1, 0.15) is 25.3 Å². The van der Waals surface area contributed by atoms with Gasteiger partial charge >= 0.3 is 0 Å². The highest BCUT2D eigenvalue weighted by molar-refractivity contribution is 7.92. The van der Waals surface area contributed by atoms with Crippen molar-refractivity contribution in [2.24, 2.45) is 0 Å². The second kappa shape index (κ2) is 9.47. The first-order chi connectivity index (χ1) is 13.5. The number of rotatable bonds is 6. The highest BCUT2D eigenvalue weighted by Gasteiger charge is 2.31. The van der Waals surface area contributed by atoms with Crippen LogP contribution in [-0.2, 0) is 16.4 Å². The summed E-state index contributed by atoms with van der Waals surface area (Å²) < 4.78 is 31.4. The SMILES string of the molecule is CC#CCOc1ccc(S(=O)(=O)C2CCN(Cc3ccc(Cl)cc3)CC2)cc1. The van der Waals surface area contributed by atoms with E-state index < -0.39 is 9.84 Å². The first-order valence-corrected chi connectivity index (χ1v) is 11.2. The topological polar surface area (TPSA) is 46.6 Å². The third kappa shape index (κ3) is 5.29. The summed E-state index contributed by atoms with van der Waals surface area (Å²) in [6.45, 7) is 4.40. The van der Waals surface area contributed by atoms with Gasteiger partial charge in [0.05, 0.1) is 10.1 Å². The maximum absolute atomic E-state index is 13.0. The highest BCUT2D eigenvalue weighted by atomic mass is 35.5. The van der Waals surface area contributed by atoms with Crippen LogP contribution in [-0.4, -0.2) is 38.3 Å². The molecule has 1 fully saturated rings. The number of ether oxygens (including phenoxy) is 1. The standard InChI is InChI=1S/C22H24ClNO3S/c1-2-3-16-27-20-8-10-21(11-9-20)28(25,26)22-12-14-24(15-13-22)17-18-4-6-19(23)7-5-18/h4-11,22H,12-17H2,1H3. The predicted molar refractivity (Wildman–Crippen MR) is 112 cm³/mol. The number of nitrogens with zero attached hydrogens (tertiary/aromatic N) is 1. The van der Waals surface area contributed by atoms with Crippen LogP contribution in [0.4, 0.5) is 0 Å². The van der Waals surface area contributed by atoms with Crippen molar-refractivity contribution in [3.8, 4) is 17.6 Å². The molecule has 0 N–H and O–H groups in total. The van der Waals surface area contributed by atoms with Gasteiger partial charge in [0.15, 0.2) is 9.84 Å². The fourth-order valence-corrected chi connectivity index (χ4v) is 5.19. The smallest absolute Gasteiger partial charge is 0.181 e. The van der Waals surface area contributed by atoms with Crippen molar-refractivity contribution < 1.29 is 13.2 Å². The molecule has 1 aliphatic rings. The molecular formula is C22H24ClNO3S. The molecule has 1 saturated heterocycles. The van der Waals surface area contributed by atoms with E-state index >= 15 is 0 Å². The average Bonchev–Trinajstić information content (AvgIpc) is 2.71. The quantitative estimate of drug-likeness (QED) is 0.661. The summed E-state index contributed by atoms with van der Waals surface area (Å²) in [5.41, 5.74) is 1.19. The summed E-state index contributed by atoms with van der Waals surface area (Å²) in [7, 11) is -3.33. The van der Waals surface area contributed by atoms with Crippen molar-refractivity contribution in [2.75, 3.05) is 19.7 Å². The summed E-state index contributed by atoms with van der Waals surface area (Å²) in [5.74, 6) is 6.20. The molecule has 0 spiro atoms. The summed E-state index contributed by atoms with van der Waals surface area (Å²) in [6, 6.07) is 14.4. The van der Waals surface area contributed by atoms with Gasteiger partial charge in [0.1, 0.15) is 12.4 Å². The first-order valence-electron chi connectivity index (χ1n) is 9.32. The number of benzene rings is 2. The van der Waals surface area contributed by atoms with E-state index in [1.807, 2.05) is 24.3 Å². The molecular weight excluding hydrogens is 394 g/mol. The number of hydrogen-bond acceptors (Lipinski definition) is 4. The Hall–Kier alpha value is -2.00. The van der Waals surface area contributed by atoms with Crippen molar-refractivity contribution in [1.29, 1.82) is 0 Å². The van der Waals surface area contributed by atoms with E-state index in [1.165, 1.54) is 5.56 Å². The lowest BCUT2D eigenvalue weighted by atomic mass is 10.1. The lowest BCUT2D eigenvalue weighted by molar-refractivity contribution is 0.222. The normalized spacial score (nSPS) is 15.6. The zero-order chi connectivity index (χ0) is 20.0. The van der Waals surface area contributed by atoms with E-state index in [-0.39, 0.29) is 5.25 Å². The Morgan fingerprint density at radius 3 is 2.32 bits per heavy atom. The number of hydrogen-bond donors (Lipinski definition) is 0. The van der Waals surface area contributed by atoms with Gasteiger partial charge in [-0.25, -0.2) is 8.42 Å². The van der Waals surface area contributed by atoms with Gasteiger partial charge in [0, 0.05) is 11.6 Å². The molecule has 0 bridgehead atoms. The van der Waals surface area contributed by atoms with Crippen molar-refractivity contribution in [3.63, 3.8) is 0 Å². The minimum Gasteiger partial charge on any atom is -0.481 e.